The molecule has 0 saturated carbocycles. The highest BCUT2D eigenvalue weighted by Gasteiger charge is 2.42. The summed E-state index contributed by atoms with van der Waals surface area (Å²) in [6.07, 6.45) is -4.76. The Morgan fingerprint density at radius 2 is 1.73 bits per heavy atom. The van der Waals surface area contributed by atoms with Crippen molar-refractivity contribution in [2.45, 2.75) is 6.18 Å². The largest absolute Gasteiger partial charge is 0.471 e. The molecule has 0 aromatic carbocycles. The summed E-state index contributed by atoms with van der Waals surface area (Å²) in [7, 11) is 0. The molecule has 0 aromatic rings. The van der Waals surface area contributed by atoms with Crippen LogP contribution in [-0.4, -0.2) is 60.5 Å². The number of piperazine rings is 1. The first-order chi connectivity index (χ1) is 6.95. The molecule has 0 atom stereocenters. The van der Waals surface area contributed by atoms with Crippen molar-refractivity contribution >= 4 is 17.5 Å². The average Bonchev–Trinajstić information content (AvgIpc) is 2.17. The van der Waals surface area contributed by atoms with Crippen molar-refractivity contribution in [1.82, 2.24) is 9.80 Å². The minimum atomic E-state index is -4.76. The third-order valence-electron chi connectivity index (χ3n) is 2.30. The van der Waals surface area contributed by atoms with Crippen molar-refractivity contribution in [3.63, 3.8) is 0 Å². The van der Waals surface area contributed by atoms with E-state index < -0.39 is 12.1 Å². The number of hydrogen-bond acceptors (Lipinski definition) is 2. The van der Waals surface area contributed by atoms with Crippen LogP contribution in [0.5, 0.6) is 0 Å². The van der Waals surface area contributed by atoms with Crippen LogP contribution in [0.1, 0.15) is 0 Å². The first-order valence-electron chi connectivity index (χ1n) is 4.59. The van der Waals surface area contributed by atoms with Gasteiger partial charge < -0.3 is 4.90 Å². The van der Waals surface area contributed by atoms with E-state index in [9.17, 15) is 18.0 Å². The van der Waals surface area contributed by atoms with E-state index >= 15 is 0 Å². The fourth-order valence-corrected chi connectivity index (χ4v) is 1.71. The molecular formula is C8H12ClF3N2O. The van der Waals surface area contributed by atoms with Crippen molar-refractivity contribution in [1.29, 1.82) is 0 Å². The Balaban J connectivity index is 2.41. The van der Waals surface area contributed by atoms with Gasteiger partial charge in [-0.25, -0.2) is 0 Å². The number of nitrogens with zero attached hydrogens (tertiary/aromatic N) is 2. The molecule has 1 saturated heterocycles. The summed E-state index contributed by atoms with van der Waals surface area (Å²) in [6, 6.07) is 0. The molecular weight excluding hydrogens is 233 g/mol. The number of amides is 1. The summed E-state index contributed by atoms with van der Waals surface area (Å²) < 4.78 is 36.2. The van der Waals surface area contributed by atoms with Gasteiger partial charge in [-0.15, -0.1) is 11.6 Å². The van der Waals surface area contributed by atoms with Crippen LogP contribution < -0.4 is 0 Å². The summed E-state index contributed by atoms with van der Waals surface area (Å²) in [5, 5.41) is 0. The van der Waals surface area contributed by atoms with E-state index in [2.05, 4.69) is 0 Å². The molecule has 88 valence electrons. The Labute approximate surface area is 90.8 Å². The molecule has 15 heavy (non-hydrogen) atoms. The fraction of sp³-hybridized carbons (Fsp3) is 0.875. The van der Waals surface area contributed by atoms with Crippen LogP contribution in [0.3, 0.4) is 0 Å². The lowest BCUT2D eigenvalue weighted by atomic mass is 10.3. The van der Waals surface area contributed by atoms with E-state index in [1.807, 2.05) is 4.90 Å². The van der Waals surface area contributed by atoms with E-state index in [-0.39, 0.29) is 13.1 Å². The van der Waals surface area contributed by atoms with Crippen molar-refractivity contribution in [2.24, 2.45) is 0 Å². The molecule has 0 radical (unpaired) electrons. The Hall–Kier alpha value is -0.490. The lowest BCUT2D eigenvalue weighted by Gasteiger charge is -2.34. The molecule has 7 heteroatoms. The Kier molecular flexibility index (Phi) is 4.21. The highest BCUT2D eigenvalue weighted by Crippen LogP contribution is 2.19. The molecule has 1 amide bonds. The molecule has 0 aliphatic carbocycles. The molecule has 1 aliphatic heterocycles. The standard InChI is InChI=1S/C8H12ClF3N2O/c9-1-2-13-3-5-14(6-4-13)7(15)8(10,11)12/h1-6H2. The molecule has 0 N–H and O–H groups in total. The molecule has 1 rings (SSSR count). The second-order valence-corrected chi connectivity index (χ2v) is 3.70. The second-order valence-electron chi connectivity index (χ2n) is 3.32. The van der Waals surface area contributed by atoms with Crippen LogP contribution in [0.2, 0.25) is 0 Å². The van der Waals surface area contributed by atoms with Gasteiger partial charge in [0.2, 0.25) is 0 Å². The molecule has 1 fully saturated rings. The highest BCUT2D eigenvalue weighted by molar-refractivity contribution is 6.18. The number of rotatable bonds is 2. The molecule has 0 unspecified atom stereocenters. The summed E-state index contributed by atoms with van der Waals surface area (Å²) in [5.41, 5.74) is 0. The normalized spacial score (nSPS) is 19.3. The first kappa shape index (κ1) is 12.6. The topological polar surface area (TPSA) is 23.6 Å². The summed E-state index contributed by atoms with van der Waals surface area (Å²) in [5.74, 6) is -1.29. The van der Waals surface area contributed by atoms with Crippen molar-refractivity contribution in [3.05, 3.63) is 0 Å². The predicted octanol–water partition coefficient (Wildman–Crippen LogP) is 0.932. The summed E-state index contributed by atoms with van der Waals surface area (Å²) in [6.45, 7) is 1.79. The maximum absolute atomic E-state index is 12.1. The van der Waals surface area contributed by atoms with Gasteiger partial charge in [-0.1, -0.05) is 0 Å². The van der Waals surface area contributed by atoms with Crippen LogP contribution in [0.4, 0.5) is 13.2 Å². The van der Waals surface area contributed by atoms with Crippen LogP contribution in [-0.2, 0) is 4.79 Å². The van der Waals surface area contributed by atoms with E-state index in [0.717, 1.165) is 4.90 Å². The van der Waals surface area contributed by atoms with Gasteiger partial charge in [0.25, 0.3) is 0 Å². The van der Waals surface area contributed by atoms with E-state index in [1.54, 1.807) is 0 Å². The maximum atomic E-state index is 12.1. The van der Waals surface area contributed by atoms with Gasteiger partial charge in [0.15, 0.2) is 0 Å². The van der Waals surface area contributed by atoms with E-state index in [4.69, 9.17) is 11.6 Å². The van der Waals surface area contributed by atoms with Gasteiger partial charge in [0.05, 0.1) is 0 Å². The van der Waals surface area contributed by atoms with Crippen LogP contribution in [0.25, 0.3) is 0 Å². The number of halogens is 4. The molecule has 1 heterocycles. The first-order valence-corrected chi connectivity index (χ1v) is 5.13. The predicted molar refractivity (Wildman–Crippen MR) is 49.8 cm³/mol. The van der Waals surface area contributed by atoms with Gasteiger partial charge in [-0.2, -0.15) is 13.2 Å². The zero-order valence-electron chi connectivity index (χ0n) is 8.06. The van der Waals surface area contributed by atoms with Gasteiger partial charge in [-0.05, 0) is 0 Å². The third-order valence-corrected chi connectivity index (χ3v) is 2.47. The molecule has 0 spiro atoms. The number of carbonyl (C=O) groups is 1. The highest BCUT2D eigenvalue weighted by atomic mass is 35.5. The third kappa shape index (κ3) is 3.53. The summed E-state index contributed by atoms with van der Waals surface area (Å²) >= 11 is 5.50. The smallest absolute Gasteiger partial charge is 0.332 e. The Morgan fingerprint density at radius 3 is 2.13 bits per heavy atom. The molecule has 3 nitrogen and oxygen atoms in total. The minimum absolute atomic E-state index is 0.120. The zero-order chi connectivity index (χ0) is 11.5. The van der Waals surface area contributed by atoms with Crippen LogP contribution >= 0.6 is 11.6 Å². The monoisotopic (exact) mass is 244 g/mol. The van der Waals surface area contributed by atoms with Gasteiger partial charge in [0.1, 0.15) is 0 Å². The number of hydrogen-bond donors (Lipinski definition) is 0. The quantitative estimate of drug-likeness (QED) is 0.675. The molecule has 0 bridgehead atoms. The van der Waals surface area contributed by atoms with Crippen LogP contribution in [0.15, 0.2) is 0 Å². The van der Waals surface area contributed by atoms with Crippen molar-refractivity contribution in [2.75, 3.05) is 38.6 Å². The van der Waals surface area contributed by atoms with Gasteiger partial charge in [0, 0.05) is 38.6 Å². The zero-order valence-corrected chi connectivity index (χ0v) is 8.81. The van der Waals surface area contributed by atoms with Gasteiger partial charge >= 0.3 is 12.1 Å². The van der Waals surface area contributed by atoms with E-state index in [1.165, 1.54) is 0 Å². The lowest BCUT2D eigenvalue weighted by Crippen LogP contribution is -2.52. The lowest BCUT2D eigenvalue weighted by molar-refractivity contribution is -0.186. The van der Waals surface area contributed by atoms with Gasteiger partial charge in [-0.3, -0.25) is 9.69 Å². The Morgan fingerprint density at radius 1 is 1.20 bits per heavy atom. The van der Waals surface area contributed by atoms with Crippen molar-refractivity contribution in [3.8, 4) is 0 Å². The second kappa shape index (κ2) is 5.03. The summed E-state index contributed by atoms with van der Waals surface area (Å²) in [4.78, 5) is 13.6. The van der Waals surface area contributed by atoms with E-state index in [0.29, 0.717) is 25.5 Å². The SMILES string of the molecule is O=C(N1CCN(CCCl)CC1)C(F)(F)F. The number of carbonyl (C=O) groups excluding carboxylic acids is 1. The molecule has 1 aliphatic rings. The molecule has 0 aromatic heterocycles. The maximum Gasteiger partial charge on any atom is 0.471 e. The fourth-order valence-electron chi connectivity index (χ4n) is 1.47. The van der Waals surface area contributed by atoms with Crippen molar-refractivity contribution < 1.29 is 18.0 Å². The van der Waals surface area contributed by atoms with Crippen LogP contribution in [0, 0.1) is 0 Å². The number of alkyl halides is 4. The minimum Gasteiger partial charge on any atom is -0.332 e. The average molecular weight is 245 g/mol. The Bertz CT molecular complexity index is 226.